The summed E-state index contributed by atoms with van der Waals surface area (Å²) in [6, 6.07) is 3.45. The first kappa shape index (κ1) is 15.8. The second kappa shape index (κ2) is 5.22. The van der Waals surface area contributed by atoms with E-state index in [1.165, 1.54) is 0 Å². The van der Waals surface area contributed by atoms with Gasteiger partial charge < -0.3 is 10.1 Å². The van der Waals surface area contributed by atoms with Gasteiger partial charge in [0.25, 0.3) is 5.91 Å². The second-order valence-electron chi connectivity index (χ2n) is 6.05. The summed E-state index contributed by atoms with van der Waals surface area (Å²) in [4.78, 5) is 24.0. The Morgan fingerprint density at radius 3 is 2.23 bits per heavy atom. The molecule has 2 aliphatic rings. The molecule has 1 unspecified atom stereocenters. The van der Waals surface area contributed by atoms with Crippen LogP contribution in [0.4, 0.5) is 0 Å². The molecule has 1 spiro atoms. The van der Waals surface area contributed by atoms with E-state index in [1.54, 1.807) is 12.1 Å². The first-order valence-corrected chi connectivity index (χ1v) is 7.98. The lowest BCUT2D eigenvalue weighted by atomic mass is 9.79. The summed E-state index contributed by atoms with van der Waals surface area (Å²) in [7, 11) is 0. The summed E-state index contributed by atoms with van der Waals surface area (Å²) in [5.41, 5.74) is 1.12. The van der Waals surface area contributed by atoms with Crippen LogP contribution in [0.15, 0.2) is 12.1 Å². The van der Waals surface area contributed by atoms with Crippen LogP contribution in [0.25, 0.3) is 0 Å². The zero-order valence-electron chi connectivity index (χ0n) is 12.5. The number of ether oxygens (including phenoxy) is 1. The van der Waals surface area contributed by atoms with Gasteiger partial charge in [0.15, 0.2) is 5.78 Å². The predicted octanol–water partition coefficient (Wildman–Crippen LogP) is 2.64. The highest BCUT2D eigenvalue weighted by molar-refractivity contribution is 6.50. The average molecular weight is 342 g/mol. The third-order valence-corrected chi connectivity index (χ3v) is 5.35. The van der Waals surface area contributed by atoms with Crippen molar-refractivity contribution in [1.29, 1.82) is 0 Å². The van der Waals surface area contributed by atoms with Gasteiger partial charge in [-0.05, 0) is 42.7 Å². The molecule has 0 aromatic heterocycles. The van der Waals surface area contributed by atoms with E-state index in [0.717, 1.165) is 11.1 Å². The molecule has 118 valence electrons. The minimum Gasteiger partial charge on any atom is -0.381 e. The van der Waals surface area contributed by atoms with E-state index in [0.29, 0.717) is 36.6 Å². The Balaban J connectivity index is 2.14. The first-order valence-electron chi connectivity index (χ1n) is 7.23. The van der Waals surface area contributed by atoms with E-state index in [-0.39, 0.29) is 5.78 Å². The van der Waals surface area contributed by atoms with Crippen molar-refractivity contribution < 1.29 is 14.3 Å². The van der Waals surface area contributed by atoms with E-state index >= 15 is 0 Å². The zero-order valence-corrected chi connectivity index (χ0v) is 14.0. The summed E-state index contributed by atoms with van der Waals surface area (Å²) < 4.78 is 5.31. The largest absolute Gasteiger partial charge is 0.381 e. The molecule has 2 saturated heterocycles. The fraction of sp³-hybridized carbons (Fsp3) is 0.500. The molecule has 1 aromatic carbocycles. The molecule has 0 saturated carbocycles. The number of halogens is 2. The van der Waals surface area contributed by atoms with Crippen LogP contribution in [0, 0.1) is 13.8 Å². The smallest absolute Gasteiger partial charge is 0.254 e. The molecular weight excluding hydrogens is 325 g/mol. The molecule has 6 heteroatoms. The number of rotatable bonds is 1. The van der Waals surface area contributed by atoms with Crippen molar-refractivity contribution in [2.45, 2.75) is 37.1 Å². The minimum absolute atomic E-state index is 0.275. The van der Waals surface area contributed by atoms with Crippen molar-refractivity contribution in [3.05, 3.63) is 33.8 Å². The van der Waals surface area contributed by atoms with Crippen LogP contribution in [0.1, 0.15) is 29.5 Å². The first-order chi connectivity index (χ1) is 10.3. The molecule has 1 atom stereocenters. The highest BCUT2D eigenvalue weighted by Gasteiger charge is 2.63. The van der Waals surface area contributed by atoms with Gasteiger partial charge in [-0.3, -0.25) is 9.59 Å². The number of Topliss-reactive ketones (excluding diaryl/α,β-unsaturated/α-hetero) is 1. The Morgan fingerprint density at radius 1 is 1.14 bits per heavy atom. The minimum atomic E-state index is -1.68. The normalized spacial score (nSPS) is 27.3. The lowest BCUT2D eigenvalue weighted by Crippen LogP contribution is -2.51. The lowest BCUT2D eigenvalue weighted by molar-refractivity contribution is -0.128. The molecule has 2 heterocycles. The Labute approximate surface area is 139 Å². The molecule has 1 N–H and O–H groups in total. The molecule has 0 bridgehead atoms. The van der Waals surface area contributed by atoms with Crippen LogP contribution >= 0.6 is 23.2 Å². The van der Waals surface area contributed by atoms with Crippen LogP contribution in [0.5, 0.6) is 0 Å². The van der Waals surface area contributed by atoms with Crippen molar-refractivity contribution in [3.63, 3.8) is 0 Å². The lowest BCUT2D eigenvalue weighted by Gasteiger charge is -2.32. The number of hydrogen-bond acceptors (Lipinski definition) is 3. The van der Waals surface area contributed by atoms with Gasteiger partial charge in [-0.1, -0.05) is 23.2 Å². The molecule has 0 aliphatic carbocycles. The Hall–Kier alpha value is -1.10. The molecule has 22 heavy (non-hydrogen) atoms. The van der Waals surface area contributed by atoms with E-state index in [1.807, 2.05) is 13.8 Å². The van der Waals surface area contributed by atoms with Crippen molar-refractivity contribution in [2.24, 2.45) is 0 Å². The van der Waals surface area contributed by atoms with E-state index < -0.39 is 16.3 Å². The monoisotopic (exact) mass is 341 g/mol. The number of carbonyl (C=O) groups excluding carboxylic acids is 2. The van der Waals surface area contributed by atoms with Crippen molar-refractivity contribution in [3.8, 4) is 0 Å². The second-order valence-corrected chi connectivity index (χ2v) is 7.05. The van der Waals surface area contributed by atoms with Gasteiger partial charge in [-0.15, -0.1) is 0 Å². The molecule has 1 aromatic rings. The number of nitrogens with one attached hydrogen (secondary N) is 1. The number of carbonyl (C=O) groups is 2. The molecule has 0 radical (unpaired) electrons. The van der Waals surface area contributed by atoms with Crippen molar-refractivity contribution in [1.82, 2.24) is 5.32 Å². The Bertz CT molecular complexity index is 644. The van der Waals surface area contributed by atoms with Gasteiger partial charge in [0.1, 0.15) is 5.54 Å². The molecule has 2 aliphatic heterocycles. The van der Waals surface area contributed by atoms with E-state index in [4.69, 9.17) is 27.9 Å². The summed E-state index contributed by atoms with van der Waals surface area (Å²) in [5, 5.41) is 3.40. The average Bonchev–Trinajstić information content (AvgIpc) is 2.61. The maximum absolute atomic E-state index is 13.1. The van der Waals surface area contributed by atoms with Crippen LogP contribution in [0.3, 0.4) is 0 Å². The van der Waals surface area contributed by atoms with Crippen molar-refractivity contribution in [2.75, 3.05) is 13.2 Å². The number of ketones is 1. The third kappa shape index (κ3) is 2.08. The molecule has 2 fully saturated rings. The third-order valence-electron chi connectivity index (χ3n) is 4.60. The number of alkyl halides is 1. The van der Waals surface area contributed by atoms with Crippen LogP contribution in [0.2, 0.25) is 5.02 Å². The van der Waals surface area contributed by atoms with Gasteiger partial charge in [-0.25, -0.2) is 0 Å². The topological polar surface area (TPSA) is 55.4 Å². The SMILES string of the molecule is Cc1cc(Cl)cc(C)c1C1(Cl)C(=O)NC2(CCOCC2)C1=O. The maximum atomic E-state index is 13.1. The Kier molecular flexibility index (Phi) is 3.75. The van der Waals surface area contributed by atoms with Gasteiger partial charge in [0.05, 0.1) is 0 Å². The number of amides is 1. The van der Waals surface area contributed by atoms with Crippen LogP contribution in [-0.4, -0.2) is 30.4 Å². The Morgan fingerprint density at radius 2 is 1.68 bits per heavy atom. The molecular formula is C16H17Cl2NO3. The summed E-state index contributed by atoms with van der Waals surface area (Å²) >= 11 is 12.7. The van der Waals surface area contributed by atoms with Gasteiger partial charge >= 0.3 is 0 Å². The van der Waals surface area contributed by atoms with Crippen molar-refractivity contribution >= 4 is 34.9 Å². The number of hydrogen-bond donors (Lipinski definition) is 1. The van der Waals surface area contributed by atoms with E-state index in [2.05, 4.69) is 5.32 Å². The van der Waals surface area contributed by atoms with Gasteiger partial charge in [-0.2, -0.15) is 0 Å². The molecule has 1 amide bonds. The zero-order chi connectivity index (χ0) is 16.1. The fourth-order valence-corrected chi connectivity index (χ4v) is 4.40. The van der Waals surface area contributed by atoms with Crippen LogP contribution < -0.4 is 5.32 Å². The van der Waals surface area contributed by atoms with E-state index in [9.17, 15) is 9.59 Å². The highest BCUT2D eigenvalue weighted by atomic mass is 35.5. The quantitative estimate of drug-likeness (QED) is 0.631. The summed E-state index contributed by atoms with van der Waals surface area (Å²) in [5.74, 6) is -0.724. The summed E-state index contributed by atoms with van der Waals surface area (Å²) in [6.45, 7) is 4.51. The number of benzene rings is 1. The standard InChI is InChI=1S/C16H17Cl2NO3/c1-9-7-11(17)8-10(2)12(9)16(18)13(20)15(19-14(16)21)3-5-22-6-4-15/h7-8H,3-6H2,1-2H3,(H,19,21). The summed E-state index contributed by atoms with van der Waals surface area (Å²) in [6.07, 6.45) is 0.912. The van der Waals surface area contributed by atoms with Gasteiger partial charge in [0.2, 0.25) is 4.87 Å². The number of aryl methyl sites for hydroxylation is 2. The fourth-order valence-electron chi connectivity index (χ4n) is 3.55. The maximum Gasteiger partial charge on any atom is 0.254 e. The molecule has 3 rings (SSSR count). The van der Waals surface area contributed by atoms with Gasteiger partial charge in [0, 0.05) is 31.1 Å². The molecule has 4 nitrogen and oxygen atoms in total. The highest BCUT2D eigenvalue weighted by Crippen LogP contribution is 2.45. The predicted molar refractivity (Wildman–Crippen MR) is 84.4 cm³/mol. The van der Waals surface area contributed by atoms with Crippen LogP contribution in [-0.2, 0) is 19.2 Å².